The van der Waals surface area contributed by atoms with E-state index < -0.39 is 12.0 Å². The SMILES string of the molecule is NCC1=C(F)C#CCC1F. The molecule has 0 fully saturated rings. The standard InChI is InChI=1S/C7H7F2N/c8-6-2-1-3-7(9)5(6)4-10/h6H,2,4,10H2. The highest BCUT2D eigenvalue weighted by molar-refractivity contribution is 5.35. The zero-order chi connectivity index (χ0) is 7.56. The number of rotatable bonds is 1. The number of hydrogen-bond donors (Lipinski definition) is 1. The molecule has 0 aliphatic heterocycles. The van der Waals surface area contributed by atoms with E-state index in [1.807, 2.05) is 0 Å². The molecule has 0 aromatic heterocycles. The Morgan fingerprint density at radius 1 is 1.70 bits per heavy atom. The van der Waals surface area contributed by atoms with E-state index in [-0.39, 0.29) is 18.5 Å². The van der Waals surface area contributed by atoms with Crippen molar-refractivity contribution in [3.8, 4) is 11.8 Å². The molecule has 0 aromatic rings. The highest BCUT2D eigenvalue weighted by Crippen LogP contribution is 2.18. The molecule has 3 heteroatoms. The van der Waals surface area contributed by atoms with Gasteiger partial charge in [-0.1, -0.05) is 5.92 Å². The van der Waals surface area contributed by atoms with E-state index in [1.54, 1.807) is 0 Å². The van der Waals surface area contributed by atoms with Crippen molar-refractivity contribution in [1.82, 2.24) is 0 Å². The van der Waals surface area contributed by atoms with Crippen molar-refractivity contribution in [3.63, 3.8) is 0 Å². The lowest BCUT2D eigenvalue weighted by atomic mass is 10.0. The third-order valence-corrected chi connectivity index (χ3v) is 1.36. The van der Waals surface area contributed by atoms with Crippen molar-refractivity contribution in [2.75, 3.05) is 6.54 Å². The van der Waals surface area contributed by atoms with Gasteiger partial charge in [0.2, 0.25) is 0 Å². The van der Waals surface area contributed by atoms with Gasteiger partial charge >= 0.3 is 0 Å². The van der Waals surface area contributed by atoms with Crippen LogP contribution >= 0.6 is 0 Å². The zero-order valence-electron chi connectivity index (χ0n) is 5.32. The summed E-state index contributed by atoms with van der Waals surface area (Å²) in [4.78, 5) is 0. The maximum atomic E-state index is 12.6. The van der Waals surface area contributed by atoms with E-state index in [9.17, 15) is 8.78 Å². The first-order valence-corrected chi connectivity index (χ1v) is 2.97. The normalized spacial score (nSPS) is 24.1. The first-order chi connectivity index (χ1) is 4.75. The summed E-state index contributed by atoms with van der Waals surface area (Å²) in [6.45, 7) is -0.0817. The highest BCUT2D eigenvalue weighted by atomic mass is 19.1. The van der Waals surface area contributed by atoms with Crippen LogP contribution in [0.1, 0.15) is 6.42 Å². The molecule has 0 saturated carbocycles. The van der Waals surface area contributed by atoms with Crippen LogP contribution in [-0.4, -0.2) is 12.7 Å². The Hall–Kier alpha value is -0.880. The quantitative estimate of drug-likeness (QED) is 0.542. The van der Waals surface area contributed by atoms with Crippen molar-refractivity contribution in [2.24, 2.45) is 5.73 Å². The van der Waals surface area contributed by atoms with Crippen LogP contribution in [0.5, 0.6) is 0 Å². The van der Waals surface area contributed by atoms with Crippen LogP contribution in [0.15, 0.2) is 11.4 Å². The fourth-order valence-corrected chi connectivity index (χ4v) is 0.777. The van der Waals surface area contributed by atoms with Crippen LogP contribution in [0, 0.1) is 11.8 Å². The fraction of sp³-hybridized carbons (Fsp3) is 0.429. The zero-order valence-corrected chi connectivity index (χ0v) is 5.32. The molecule has 0 bridgehead atoms. The monoisotopic (exact) mass is 143 g/mol. The molecule has 0 amide bonds. The first-order valence-electron chi connectivity index (χ1n) is 2.97. The first kappa shape index (κ1) is 7.23. The minimum Gasteiger partial charge on any atom is -0.327 e. The van der Waals surface area contributed by atoms with Gasteiger partial charge in [0, 0.05) is 18.5 Å². The summed E-state index contributed by atoms with van der Waals surface area (Å²) in [5, 5.41) is 0. The lowest BCUT2D eigenvalue weighted by Gasteiger charge is -2.09. The lowest BCUT2D eigenvalue weighted by Crippen LogP contribution is -2.16. The molecule has 1 atom stereocenters. The maximum Gasteiger partial charge on any atom is 0.176 e. The lowest BCUT2D eigenvalue weighted by molar-refractivity contribution is 0.374. The average molecular weight is 143 g/mol. The predicted octanol–water partition coefficient (Wildman–Crippen LogP) is 0.914. The molecule has 0 spiro atoms. The largest absolute Gasteiger partial charge is 0.327 e. The second-order valence-corrected chi connectivity index (χ2v) is 2.02. The summed E-state index contributed by atoms with van der Waals surface area (Å²) in [6.07, 6.45) is -1.23. The van der Waals surface area contributed by atoms with Crippen molar-refractivity contribution in [1.29, 1.82) is 0 Å². The second-order valence-electron chi connectivity index (χ2n) is 2.02. The van der Waals surface area contributed by atoms with Gasteiger partial charge in [0.1, 0.15) is 6.17 Å². The smallest absolute Gasteiger partial charge is 0.176 e. The molecule has 1 aliphatic carbocycles. The van der Waals surface area contributed by atoms with Gasteiger partial charge in [-0.15, -0.1) is 0 Å². The molecular weight excluding hydrogens is 136 g/mol. The Morgan fingerprint density at radius 2 is 2.40 bits per heavy atom. The maximum absolute atomic E-state index is 12.6. The number of nitrogens with two attached hydrogens (primary N) is 1. The van der Waals surface area contributed by atoms with Gasteiger partial charge < -0.3 is 5.73 Å². The van der Waals surface area contributed by atoms with Crippen molar-refractivity contribution in [2.45, 2.75) is 12.6 Å². The second kappa shape index (κ2) is 2.80. The van der Waals surface area contributed by atoms with E-state index in [1.165, 1.54) is 0 Å². The van der Waals surface area contributed by atoms with E-state index in [2.05, 4.69) is 11.8 Å². The molecular formula is C7H7F2N. The third-order valence-electron chi connectivity index (χ3n) is 1.36. The molecule has 1 nitrogen and oxygen atoms in total. The van der Waals surface area contributed by atoms with E-state index in [4.69, 9.17) is 5.73 Å². The van der Waals surface area contributed by atoms with Crippen LogP contribution in [0.2, 0.25) is 0 Å². The fourth-order valence-electron chi connectivity index (χ4n) is 0.777. The summed E-state index contributed by atoms with van der Waals surface area (Å²) in [5.41, 5.74) is 5.08. The highest BCUT2D eigenvalue weighted by Gasteiger charge is 2.17. The molecule has 2 N–H and O–H groups in total. The van der Waals surface area contributed by atoms with Gasteiger partial charge in [-0.3, -0.25) is 0 Å². The van der Waals surface area contributed by atoms with Crippen LogP contribution < -0.4 is 5.73 Å². The van der Waals surface area contributed by atoms with Crippen LogP contribution in [0.25, 0.3) is 0 Å². The Kier molecular flexibility index (Phi) is 2.03. The number of allylic oxidation sites excluding steroid dienone is 1. The van der Waals surface area contributed by atoms with Crippen molar-refractivity contribution >= 4 is 0 Å². The minimum absolute atomic E-state index is 0.00116. The molecule has 0 saturated heterocycles. The van der Waals surface area contributed by atoms with Gasteiger partial charge in [0.05, 0.1) is 0 Å². The Morgan fingerprint density at radius 3 is 2.80 bits per heavy atom. The third kappa shape index (κ3) is 1.17. The van der Waals surface area contributed by atoms with E-state index in [0.29, 0.717) is 0 Å². The molecule has 54 valence electrons. The minimum atomic E-state index is -1.30. The summed E-state index contributed by atoms with van der Waals surface area (Å²) >= 11 is 0. The molecule has 1 unspecified atom stereocenters. The Labute approximate surface area is 57.9 Å². The Balaban J connectivity index is 2.89. The molecule has 10 heavy (non-hydrogen) atoms. The summed E-state index contributed by atoms with van der Waals surface area (Å²) in [6, 6.07) is 0. The van der Waals surface area contributed by atoms with Crippen molar-refractivity contribution < 1.29 is 8.78 Å². The number of hydrogen-bond acceptors (Lipinski definition) is 1. The number of alkyl halides is 1. The van der Waals surface area contributed by atoms with Gasteiger partial charge in [-0.25, -0.2) is 4.39 Å². The van der Waals surface area contributed by atoms with Gasteiger partial charge in [0.15, 0.2) is 5.83 Å². The molecule has 0 radical (unpaired) electrons. The van der Waals surface area contributed by atoms with Crippen LogP contribution in [0.4, 0.5) is 8.78 Å². The van der Waals surface area contributed by atoms with Gasteiger partial charge in [0.25, 0.3) is 0 Å². The molecule has 1 aliphatic rings. The summed E-state index contributed by atoms with van der Waals surface area (Å²) in [5.74, 6) is 3.80. The Bertz CT molecular complexity index is 221. The number of halogens is 2. The summed E-state index contributed by atoms with van der Waals surface area (Å²) in [7, 11) is 0. The predicted molar refractivity (Wildman–Crippen MR) is 34.5 cm³/mol. The van der Waals surface area contributed by atoms with Crippen LogP contribution in [-0.2, 0) is 0 Å². The van der Waals surface area contributed by atoms with Gasteiger partial charge in [-0.05, 0) is 5.92 Å². The van der Waals surface area contributed by atoms with Gasteiger partial charge in [-0.2, -0.15) is 4.39 Å². The summed E-state index contributed by atoms with van der Waals surface area (Å²) < 4.78 is 25.1. The molecule has 0 aromatic carbocycles. The molecule has 0 heterocycles. The van der Waals surface area contributed by atoms with Crippen molar-refractivity contribution in [3.05, 3.63) is 11.4 Å². The topological polar surface area (TPSA) is 26.0 Å². The van der Waals surface area contributed by atoms with Crippen LogP contribution in [0.3, 0.4) is 0 Å². The van der Waals surface area contributed by atoms with E-state index in [0.717, 1.165) is 0 Å². The molecule has 1 rings (SSSR count). The average Bonchev–Trinajstić information content (AvgIpc) is 1.88. The van der Waals surface area contributed by atoms with E-state index >= 15 is 0 Å².